The highest BCUT2D eigenvalue weighted by atomic mass is 35.5. The molecular weight excluding hydrogens is 354 g/mol. The number of nitrogens with zero attached hydrogens (tertiary/aromatic N) is 1. The molecule has 1 aliphatic carbocycles. The van der Waals surface area contributed by atoms with Gasteiger partial charge in [0.25, 0.3) is 0 Å². The van der Waals surface area contributed by atoms with Gasteiger partial charge in [0, 0.05) is 49.4 Å². The van der Waals surface area contributed by atoms with Crippen LogP contribution in [0.15, 0.2) is 17.1 Å². The highest BCUT2D eigenvalue weighted by Gasteiger charge is 2.46. The van der Waals surface area contributed by atoms with Crippen LogP contribution < -0.4 is 9.47 Å². The maximum atomic E-state index is 8.36. The Morgan fingerprint density at radius 2 is 2.19 bits per heavy atom. The maximum Gasteiger partial charge on any atom is 0.141 e. The van der Waals surface area contributed by atoms with Crippen molar-refractivity contribution in [1.82, 2.24) is 0 Å². The lowest BCUT2D eigenvalue weighted by molar-refractivity contribution is -0.152. The molecule has 0 aromatic heterocycles. The van der Waals surface area contributed by atoms with Gasteiger partial charge >= 0.3 is 0 Å². The number of ether oxygens (including phenoxy) is 4. The molecule has 0 radical (unpaired) electrons. The van der Waals surface area contributed by atoms with Gasteiger partial charge in [0.1, 0.15) is 17.6 Å². The Morgan fingerprint density at radius 3 is 2.85 bits per heavy atom. The number of methoxy groups -OCH3 is 1. The van der Waals surface area contributed by atoms with Crippen LogP contribution in [0.5, 0.6) is 11.5 Å². The topological polar surface area (TPSA) is 49.3 Å². The van der Waals surface area contributed by atoms with E-state index >= 15 is 0 Å². The lowest BCUT2D eigenvalue weighted by Gasteiger charge is -2.46. The van der Waals surface area contributed by atoms with E-state index in [9.17, 15) is 0 Å². The molecule has 2 fully saturated rings. The van der Waals surface area contributed by atoms with Crippen LogP contribution in [-0.2, 0) is 9.47 Å². The number of aliphatic imine (C=N–C) groups is 1. The SMILES string of the molecule is [2H]C1([2H])C([2H])([2H])C1([2H])N=C1CC(C2(C)COC2)Oc2cc(OCCCOC)c(Cl)cc21. The largest absolute Gasteiger partial charge is 0.492 e. The first-order chi connectivity index (χ1) is 14.5. The summed E-state index contributed by atoms with van der Waals surface area (Å²) < 4.78 is 62.4. The van der Waals surface area contributed by atoms with Crippen molar-refractivity contribution in [3.63, 3.8) is 0 Å². The van der Waals surface area contributed by atoms with E-state index in [2.05, 4.69) is 4.99 Å². The molecule has 0 bridgehead atoms. The van der Waals surface area contributed by atoms with Crippen LogP contribution in [0.25, 0.3) is 0 Å². The first-order valence-corrected chi connectivity index (χ1v) is 9.13. The first kappa shape index (κ1) is 13.0. The average molecular weight is 385 g/mol. The maximum absolute atomic E-state index is 8.36. The third kappa shape index (κ3) is 3.71. The number of benzene rings is 1. The average Bonchev–Trinajstić information content (AvgIpc) is 2.99. The van der Waals surface area contributed by atoms with Crippen molar-refractivity contribution in [2.24, 2.45) is 10.4 Å². The zero-order valence-corrected chi connectivity index (χ0v) is 15.7. The minimum Gasteiger partial charge on any atom is -0.492 e. The lowest BCUT2D eigenvalue weighted by atomic mass is 9.78. The first-order valence-electron chi connectivity index (χ1n) is 11.3. The smallest absolute Gasteiger partial charge is 0.141 e. The molecule has 142 valence electrons. The van der Waals surface area contributed by atoms with Crippen molar-refractivity contribution in [3.8, 4) is 11.5 Å². The Kier molecular flexibility index (Phi) is 3.68. The Morgan fingerprint density at radius 1 is 1.38 bits per heavy atom. The number of hydrogen-bond donors (Lipinski definition) is 0. The van der Waals surface area contributed by atoms with Crippen LogP contribution in [0.2, 0.25) is 5.02 Å². The molecular formula is C20H26ClNO4. The van der Waals surface area contributed by atoms with Crippen molar-refractivity contribution in [1.29, 1.82) is 0 Å². The zero-order valence-electron chi connectivity index (χ0n) is 19.9. The quantitative estimate of drug-likeness (QED) is 0.669. The van der Waals surface area contributed by atoms with E-state index in [0.29, 0.717) is 67.1 Å². The second kappa shape index (κ2) is 7.37. The third-order valence-corrected chi connectivity index (χ3v) is 5.16. The minimum atomic E-state index is -2.38. The van der Waals surface area contributed by atoms with Crippen LogP contribution in [0, 0.1) is 5.41 Å². The van der Waals surface area contributed by atoms with Crippen molar-refractivity contribution in [2.75, 3.05) is 33.5 Å². The molecule has 1 aromatic carbocycles. The number of fused-ring (bicyclic) bond motifs is 1. The summed E-state index contributed by atoms with van der Waals surface area (Å²) in [6.07, 6.45) is -4.06. The molecule has 0 spiro atoms. The fourth-order valence-electron chi connectivity index (χ4n) is 3.16. The van der Waals surface area contributed by atoms with Gasteiger partial charge in [-0.1, -0.05) is 18.5 Å². The van der Waals surface area contributed by atoms with Crippen molar-refractivity contribution >= 4 is 17.3 Å². The Hall–Kier alpha value is -1.30. The van der Waals surface area contributed by atoms with Gasteiger partial charge in [-0.2, -0.15) is 0 Å². The highest BCUT2D eigenvalue weighted by molar-refractivity contribution is 6.32. The van der Waals surface area contributed by atoms with E-state index in [-0.39, 0.29) is 11.5 Å². The second-order valence-corrected chi connectivity index (χ2v) is 7.50. The van der Waals surface area contributed by atoms with Gasteiger partial charge in [-0.15, -0.1) is 0 Å². The van der Waals surface area contributed by atoms with Gasteiger partial charge in [-0.3, -0.25) is 4.99 Å². The molecule has 2 heterocycles. The molecule has 5 nitrogen and oxygen atoms in total. The second-order valence-electron chi connectivity index (χ2n) is 7.09. The Labute approximate surface area is 166 Å². The fourth-order valence-corrected chi connectivity index (χ4v) is 3.38. The standard InChI is InChI=1S/C20H26ClNO4/c1-20(11-24-12-20)19-9-16(22-13-4-5-13)14-8-15(21)18(10-17(14)26-19)25-7-3-6-23-2/h8,10,13,19H,3-7,9,11-12H2,1-2H3/i4D2,5D2,13D. The molecule has 1 aromatic rings. The number of hydrogen-bond acceptors (Lipinski definition) is 5. The summed E-state index contributed by atoms with van der Waals surface area (Å²) in [4.78, 5) is 4.30. The molecule has 4 rings (SSSR count). The summed E-state index contributed by atoms with van der Waals surface area (Å²) >= 11 is 6.42. The summed E-state index contributed by atoms with van der Waals surface area (Å²) in [5.74, 6) is 0.920. The van der Waals surface area contributed by atoms with Gasteiger partial charge in [-0.25, -0.2) is 0 Å². The third-order valence-electron chi connectivity index (χ3n) is 4.87. The van der Waals surface area contributed by atoms with Crippen molar-refractivity contribution < 1.29 is 25.8 Å². The van der Waals surface area contributed by atoms with E-state index in [1.165, 1.54) is 0 Å². The molecule has 26 heavy (non-hydrogen) atoms. The Balaban J connectivity index is 1.70. The van der Waals surface area contributed by atoms with Gasteiger partial charge in [0.2, 0.25) is 0 Å². The molecule has 1 saturated carbocycles. The molecule has 0 amide bonds. The monoisotopic (exact) mass is 384 g/mol. The molecule has 1 saturated heterocycles. The number of halogens is 1. The van der Waals surface area contributed by atoms with Crippen LogP contribution in [0.1, 0.15) is 44.9 Å². The van der Waals surface area contributed by atoms with Gasteiger partial charge < -0.3 is 18.9 Å². The normalized spacial score (nSPS) is 33.3. The molecule has 2 aliphatic heterocycles. The lowest BCUT2D eigenvalue weighted by Crippen LogP contribution is -2.53. The predicted octanol–water partition coefficient (Wildman–Crippen LogP) is 3.89. The summed E-state index contributed by atoms with van der Waals surface area (Å²) in [6, 6.07) is 1.10. The van der Waals surface area contributed by atoms with E-state index in [1.807, 2.05) is 6.92 Å². The summed E-state index contributed by atoms with van der Waals surface area (Å²) in [5.41, 5.74) is 0.681. The van der Waals surface area contributed by atoms with Gasteiger partial charge in [-0.05, 0) is 18.8 Å². The Bertz CT molecular complexity index is 892. The van der Waals surface area contributed by atoms with Gasteiger partial charge in [0.05, 0.1) is 37.6 Å². The van der Waals surface area contributed by atoms with Crippen LogP contribution in [-0.4, -0.2) is 51.4 Å². The van der Waals surface area contributed by atoms with E-state index < -0.39 is 18.8 Å². The zero-order chi connectivity index (χ0) is 22.7. The van der Waals surface area contributed by atoms with Gasteiger partial charge in [0.15, 0.2) is 0 Å². The molecule has 1 unspecified atom stereocenters. The van der Waals surface area contributed by atoms with Crippen molar-refractivity contribution in [3.05, 3.63) is 22.7 Å². The highest BCUT2D eigenvalue weighted by Crippen LogP contribution is 2.43. The van der Waals surface area contributed by atoms with E-state index in [4.69, 9.17) is 37.4 Å². The van der Waals surface area contributed by atoms with E-state index in [1.54, 1.807) is 19.2 Å². The van der Waals surface area contributed by atoms with Crippen LogP contribution in [0.4, 0.5) is 0 Å². The van der Waals surface area contributed by atoms with Crippen LogP contribution >= 0.6 is 11.6 Å². The van der Waals surface area contributed by atoms with Crippen molar-refractivity contribution in [2.45, 2.75) is 44.6 Å². The van der Waals surface area contributed by atoms with Crippen LogP contribution in [0.3, 0.4) is 0 Å². The fraction of sp³-hybridized carbons (Fsp3) is 0.650. The molecule has 1 atom stereocenters. The number of rotatable bonds is 7. The van der Waals surface area contributed by atoms with E-state index in [0.717, 1.165) is 0 Å². The molecule has 0 N–H and O–H groups in total. The summed E-state index contributed by atoms with van der Waals surface area (Å²) in [6.45, 7) is 4.04. The summed E-state index contributed by atoms with van der Waals surface area (Å²) in [5, 5.41) is 0.338. The molecule has 6 heteroatoms. The molecule has 3 aliphatic rings. The predicted molar refractivity (Wildman–Crippen MR) is 101 cm³/mol. The minimum absolute atomic E-state index is 0.256. The summed E-state index contributed by atoms with van der Waals surface area (Å²) in [7, 11) is 1.62.